The molecule has 26 heavy (non-hydrogen) atoms. The van der Waals surface area contributed by atoms with Crippen LogP contribution in [0.15, 0.2) is 24.3 Å². The third kappa shape index (κ3) is 11.1. The molecule has 0 heterocycles. The van der Waals surface area contributed by atoms with Crippen molar-refractivity contribution in [2.45, 2.75) is 78.1 Å². The molecule has 0 spiro atoms. The van der Waals surface area contributed by atoms with Crippen LogP contribution in [0, 0.1) is 0 Å². The van der Waals surface area contributed by atoms with E-state index in [9.17, 15) is 4.79 Å². The lowest BCUT2D eigenvalue weighted by atomic mass is 10.1. The van der Waals surface area contributed by atoms with Crippen LogP contribution in [0.25, 0.3) is 0 Å². The van der Waals surface area contributed by atoms with Crippen LogP contribution in [0.4, 0.5) is 5.69 Å². The fourth-order valence-corrected chi connectivity index (χ4v) is 2.83. The quantitative estimate of drug-likeness (QED) is 0.335. The van der Waals surface area contributed by atoms with E-state index in [4.69, 9.17) is 17.0 Å². The minimum Gasteiger partial charge on any atom is -0.494 e. The van der Waals surface area contributed by atoms with E-state index in [1.807, 2.05) is 24.3 Å². The van der Waals surface area contributed by atoms with Crippen molar-refractivity contribution in [1.82, 2.24) is 5.32 Å². The molecule has 0 unspecified atom stereocenters. The number of carbonyl (C=O) groups excluding carboxylic acids is 1. The Bertz CT molecular complexity index is 517. The smallest absolute Gasteiger partial charge is 0.226 e. The van der Waals surface area contributed by atoms with Crippen LogP contribution in [-0.4, -0.2) is 17.6 Å². The molecule has 146 valence electrons. The molecule has 0 saturated heterocycles. The molecule has 0 saturated carbocycles. The molecule has 0 aliphatic heterocycles. The zero-order chi connectivity index (χ0) is 19.0. The summed E-state index contributed by atoms with van der Waals surface area (Å²) < 4.78 is 5.72. The number of carbonyl (C=O) groups is 1. The van der Waals surface area contributed by atoms with E-state index in [-0.39, 0.29) is 5.91 Å². The topological polar surface area (TPSA) is 50.4 Å². The molecule has 1 amide bonds. The number of thiocarbonyl (C=S) groups is 1. The van der Waals surface area contributed by atoms with Crippen molar-refractivity contribution in [3.8, 4) is 5.75 Å². The standard InChI is InChI=1S/C21H34N2O2S/c1-3-5-7-9-10-12-20(24)23-21(26)22-18-13-15-19(16-14-18)25-17-11-8-6-4-2/h13-16H,3-12,17H2,1-2H3,(H2,22,23,24,26). The van der Waals surface area contributed by atoms with Crippen LogP contribution in [-0.2, 0) is 4.79 Å². The second-order valence-electron chi connectivity index (χ2n) is 6.60. The lowest BCUT2D eigenvalue weighted by molar-refractivity contribution is -0.119. The highest BCUT2D eigenvalue weighted by molar-refractivity contribution is 7.80. The van der Waals surface area contributed by atoms with Gasteiger partial charge in [-0.2, -0.15) is 0 Å². The van der Waals surface area contributed by atoms with Crippen molar-refractivity contribution >= 4 is 28.9 Å². The Morgan fingerprint density at radius 1 is 0.923 bits per heavy atom. The van der Waals surface area contributed by atoms with Crippen molar-refractivity contribution in [2.75, 3.05) is 11.9 Å². The van der Waals surface area contributed by atoms with E-state index >= 15 is 0 Å². The van der Waals surface area contributed by atoms with E-state index in [0.29, 0.717) is 11.5 Å². The van der Waals surface area contributed by atoms with Gasteiger partial charge in [-0.3, -0.25) is 4.79 Å². The van der Waals surface area contributed by atoms with Gasteiger partial charge in [0.2, 0.25) is 5.91 Å². The second-order valence-corrected chi connectivity index (χ2v) is 7.01. The summed E-state index contributed by atoms with van der Waals surface area (Å²) in [6.07, 6.45) is 11.0. The number of ether oxygens (including phenoxy) is 1. The SMILES string of the molecule is CCCCCCCC(=O)NC(=S)Nc1ccc(OCCCCCC)cc1. The normalized spacial score (nSPS) is 10.4. The minimum atomic E-state index is -0.0222. The zero-order valence-electron chi connectivity index (χ0n) is 16.3. The third-order valence-corrected chi connectivity index (χ3v) is 4.34. The highest BCUT2D eigenvalue weighted by Crippen LogP contribution is 2.16. The largest absolute Gasteiger partial charge is 0.494 e. The molecule has 0 aliphatic carbocycles. The Morgan fingerprint density at radius 2 is 1.54 bits per heavy atom. The highest BCUT2D eigenvalue weighted by atomic mass is 32.1. The number of amides is 1. The highest BCUT2D eigenvalue weighted by Gasteiger charge is 2.05. The maximum atomic E-state index is 11.9. The molecular formula is C21H34N2O2S. The van der Waals surface area contributed by atoms with E-state index < -0.39 is 0 Å². The molecule has 5 heteroatoms. The van der Waals surface area contributed by atoms with Gasteiger partial charge in [-0.05, 0) is 49.3 Å². The summed E-state index contributed by atoms with van der Waals surface area (Å²) in [5, 5.41) is 6.12. The summed E-state index contributed by atoms with van der Waals surface area (Å²) >= 11 is 5.20. The van der Waals surface area contributed by atoms with E-state index in [1.165, 1.54) is 38.5 Å². The summed E-state index contributed by atoms with van der Waals surface area (Å²) in [7, 11) is 0. The predicted octanol–water partition coefficient (Wildman–Crippen LogP) is 5.82. The first-order valence-corrected chi connectivity index (χ1v) is 10.4. The molecular weight excluding hydrogens is 344 g/mol. The van der Waals surface area contributed by atoms with Gasteiger partial charge < -0.3 is 15.4 Å². The fourth-order valence-electron chi connectivity index (χ4n) is 2.59. The Hall–Kier alpha value is -1.62. The summed E-state index contributed by atoms with van der Waals surface area (Å²) in [5.74, 6) is 0.833. The van der Waals surface area contributed by atoms with E-state index in [0.717, 1.165) is 37.3 Å². The van der Waals surface area contributed by atoms with Crippen molar-refractivity contribution in [3.63, 3.8) is 0 Å². The van der Waals surface area contributed by atoms with Crippen LogP contribution < -0.4 is 15.4 Å². The number of nitrogens with one attached hydrogen (secondary N) is 2. The second kappa shape index (κ2) is 14.5. The van der Waals surface area contributed by atoms with E-state index in [1.54, 1.807) is 0 Å². The molecule has 0 radical (unpaired) electrons. The van der Waals surface area contributed by atoms with Gasteiger partial charge in [0, 0.05) is 12.1 Å². The van der Waals surface area contributed by atoms with Gasteiger partial charge in [0.1, 0.15) is 5.75 Å². The van der Waals surface area contributed by atoms with Crippen LogP contribution in [0.5, 0.6) is 5.75 Å². The molecule has 4 nitrogen and oxygen atoms in total. The zero-order valence-corrected chi connectivity index (χ0v) is 17.1. The maximum absolute atomic E-state index is 11.9. The van der Waals surface area contributed by atoms with Crippen molar-refractivity contribution in [1.29, 1.82) is 0 Å². The average molecular weight is 379 g/mol. The van der Waals surface area contributed by atoms with Crippen LogP contribution in [0.1, 0.15) is 78.1 Å². The molecule has 0 aliphatic rings. The number of anilines is 1. The molecule has 1 aromatic carbocycles. The lowest BCUT2D eigenvalue weighted by Gasteiger charge is -2.11. The van der Waals surface area contributed by atoms with Crippen LogP contribution in [0.3, 0.4) is 0 Å². The maximum Gasteiger partial charge on any atom is 0.226 e. The third-order valence-electron chi connectivity index (χ3n) is 4.14. The van der Waals surface area contributed by atoms with Gasteiger partial charge in [-0.15, -0.1) is 0 Å². The first-order chi connectivity index (χ1) is 12.7. The number of benzene rings is 1. The Morgan fingerprint density at radius 3 is 2.19 bits per heavy atom. The van der Waals surface area contributed by atoms with Gasteiger partial charge in [0.05, 0.1) is 6.61 Å². The van der Waals surface area contributed by atoms with Gasteiger partial charge >= 0.3 is 0 Å². The van der Waals surface area contributed by atoms with Crippen molar-refractivity contribution in [3.05, 3.63) is 24.3 Å². The monoisotopic (exact) mass is 378 g/mol. The Balaban J connectivity index is 2.22. The first kappa shape index (κ1) is 22.4. The summed E-state index contributed by atoms with van der Waals surface area (Å²) in [6, 6.07) is 7.65. The minimum absolute atomic E-state index is 0.0222. The molecule has 0 fully saturated rings. The number of rotatable bonds is 13. The molecule has 1 rings (SSSR count). The summed E-state index contributed by atoms with van der Waals surface area (Å²) in [5.41, 5.74) is 0.844. The molecule has 1 aromatic rings. The van der Waals surface area contributed by atoms with Gasteiger partial charge in [-0.25, -0.2) is 0 Å². The average Bonchev–Trinajstić information content (AvgIpc) is 2.62. The molecule has 0 aromatic heterocycles. The molecule has 0 atom stereocenters. The van der Waals surface area contributed by atoms with Crippen molar-refractivity contribution in [2.24, 2.45) is 0 Å². The van der Waals surface area contributed by atoms with Crippen molar-refractivity contribution < 1.29 is 9.53 Å². The summed E-state index contributed by atoms with van der Waals surface area (Å²) in [4.78, 5) is 11.9. The molecule has 0 bridgehead atoms. The van der Waals surface area contributed by atoms with Crippen LogP contribution in [0.2, 0.25) is 0 Å². The Kier molecular flexibility index (Phi) is 12.5. The van der Waals surface area contributed by atoms with Gasteiger partial charge in [-0.1, -0.05) is 58.8 Å². The predicted molar refractivity (Wildman–Crippen MR) is 114 cm³/mol. The fraction of sp³-hybridized carbons (Fsp3) is 0.619. The summed E-state index contributed by atoms with van der Waals surface area (Å²) in [6.45, 7) is 5.13. The number of unbranched alkanes of at least 4 members (excludes halogenated alkanes) is 7. The molecule has 2 N–H and O–H groups in total. The Labute approximate surface area is 164 Å². The van der Waals surface area contributed by atoms with Gasteiger partial charge in [0.25, 0.3) is 0 Å². The first-order valence-electron chi connectivity index (χ1n) is 9.99. The lowest BCUT2D eigenvalue weighted by Crippen LogP contribution is -2.33. The van der Waals surface area contributed by atoms with E-state index in [2.05, 4.69) is 24.5 Å². The number of hydrogen-bond donors (Lipinski definition) is 2. The van der Waals surface area contributed by atoms with Gasteiger partial charge in [0.15, 0.2) is 5.11 Å². The number of hydrogen-bond acceptors (Lipinski definition) is 3. The van der Waals surface area contributed by atoms with Crippen LogP contribution >= 0.6 is 12.2 Å².